The summed E-state index contributed by atoms with van der Waals surface area (Å²) in [6, 6.07) is 6.12. The highest BCUT2D eigenvalue weighted by atomic mass is 16.2. The predicted octanol–water partition coefficient (Wildman–Crippen LogP) is 2.43. The van der Waals surface area contributed by atoms with E-state index < -0.39 is 5.41 Å². The summed E-state index contributed by atoms with van der Waals surface area (Å²) in [5, 5.41) is 0. The van der Waals surface area contributed by atoms with Crippen LogP contribution < -0.4 is 4.90 Å². The van der Waals surface area contributed by atoms with Crippen molar-refractivity contribution in [3.8, 4) is 5.69 Å². The van der Waals surface area contributed by atoms with Gasteiger partial charge in [0.2, 0.25) is 5.91 Å². The number of imidazole rings is 1. The second-order valence-corrected chi connectivity index (χ2v) is 5.61. The van der Waals surface area contributed by atoms with Gasteiger partial charge in [-0.2, -0.15) is 0 Å². The van der Waals surface area contributed by atoms with Crippen molar-refractivity contribution < 1.29 is 4.79 Å². The number of carbonyl (C=O) groups is 1. The molecule has 4 heteroatoms. The Hall–Kier alpha value is -2.10. The van der Waals surface area contributed by atoms with E-state index in [1.165, 1.54) is 0 Å². The molecule has 4 nitrogen and oxygen atoms in total. The normalized spacial score (nSPS) is 16.8. The van der Waals surface area contributed by atoms with Crippen LogP contribution in [-0.2, 0) is 10.2 Å². The largest absolute Gasteiger partial charge is 0.314 e. The number of aryl methyl sites for hydroxylation is 1. The quantitative estimate of drug-likeness (QED) is 0.785. The topological polar surface area (TPSA) is 38.1 Å². The molecule has 1 aromatic heterocycles. The second-order valence-electron chi connectivity index (χ2n) is 5.61. The first-order chi connectivity index (χ1) is 8.91. The monoisotopic (exact) mass is 255 g/mol. The summed E-state index contributed by atoms with van der Waals surface area (Å²) in [5.74, 6) is 0.140. The van der Waals surface area contributed by atoms with E-state index >= 15 is 0 Å². The van der Waals surface area contributed by atoms with Crippen LogP contribution in [0.4, 0.5) is 5.69 Å². The summed E-state index contributed by atoms with van der Waals surface area (Å²) in [7, 11) is 1.83. The number of anilines is 1. The van der Waals surface area contributed by atoms with Crippen LogP contribution in [0.1, 0.15) is 25.1 Å². The van der Waals surface area contributed by atoms with Gasteiger partial charge in [0, 0.05) is 24.6 Å². The molecule has 0 spiro atoms. The van der Waals surface area contributed by atoms with E-state index in [1.54, 1.807) is 11.2 Å². The Balaban J connectivity index is 2.14. The van der Waals surface area contributed by atoms with E-state index in [4.69, 9.17) is 0 Å². The molecule has 2 heterocycles. The lowest BCUT2D eigenvalue weighted by atomic mass is 9.86. The number of rotatable bonds is 1. The number of hydrogen-bond acceptors (Lipinski definition) is 2. The molecule has 0 aliphatic carbocycles. The molecule has 0 bridgehead atoms. The first kappa shape index (κ1) is 12.0. The first-order valence-corrected chi connectivity index (χ1v) is 6.35. The molecular weight excluding hydrogens is 238 g/mol. The molecule has 1 aliphatic heterocycles. The fourth-order valence-electron chi connectivity index (χ4n) is 2.69. The number of nitrogens with zero attached hydrogens (tertiary/aromatic N) is 3. The SMILES string of the molecule is Cc1cn(-c2ccc3c(c2)N(C)C(=O)C3(C)C)cn1. The lowest BCUT2D eigenvalue weighted by Gasteiger charge is -2.16. The molecule has 0 saturated heterocycles. The Labute approximate surface area is 112 Å². The highest BCUT2D eigenvalue weighted by molar-refractivity contribution is 6.07. The molecule has 1 aromatic carbocycles. The standard InChI is InChI=1S/C15H17N3O/c1-10-8-18(9-16-10)11-5-6-12-13(7-11)17(4)14(19)15(12,2)3/h5-9H,1-4H3. The Morgan fingerprint density at radius 3 is 2.63 bits per heavy atom. The molecule has 98 valence electrons. The maximum atomic E-state index is 12.2. The van der Waals surface area contributed by atoms with Gasteiger partial charge >= 0.3 is 0 Å². The summed E-state index contributed by atoms with van der Waals surface area (Å²) >= 11 is 0. The van der Waals surface area contributed by atoms with Crippen LogP contribution in [0.2, 0.25) is 0 Å². The van der Waals surface area contributed by atoms with Crippen molar-refractivity contribution in [2.24, 2.45) is 0 Å². The third kappa shape index (κ3) is 1.59. The number of hydrogen-bond donors (Lipinski definition) is 0. The van der Waals surface area contributed by atoms with Crippen molar-refractivity contribution in [2.45, 2.75) is 26.2 Å². The molecule has 0 unspecified atom stereocenters. The average molecular weight is 255 g/mol. The van der Waals surface area contributed by atoms with E-state index in [1.807, 2.05) is 56.8 Å². The van der Waals surface area contributed by atoms with Crippen LogP contribution in [0.15, 0.2) is 30.7 Å². The number of fused-ring (bicyclic) bond motifs is 1. The number of aromatic nitrogens is 2. The molecule has 0 saturated carbocycles. The lowest BCUT2D eigenvalue weighted by molar-refractivity contribution is -0.121. The molecule has 19 heavy (non-hydrogen) atoms. The highest BCUT2D eigenvalue weighted by Gasteiger charge is 2.42. The Morgan fingerprint density at radius 2 is 2.00 bits per heavy atom. The van der Waals surface area contributed by atoms with Crippen LogP contribution in [0, 0.1) is 6.92 Å². The van der Waals surface area contributed by atoms with Crippen molar-refractivity contribution in [3.05, 3.63) is 42.0 Å². The molecule has 0 atom stereocenters. The van der Waals surface area contributed by atoms with Crippen molar-refractivity contribution in [3.63, 3.8) is 0 Å². The summed E-state index contributed by atoms with van der Waals surface area (Å²) in [6.07, 6.45) is 3.77. The third-order valence-corrected chi connectivity index (χ3v) is 3.87. The third-order valence-electron chi connectivity index (χ3n) is 3.87. The van der Waals surface area contributed by atoms with Gasteiger partial charge < -0.3 is 9.47 Å². The highest BCUT2D eigenvalue weighted by Crippen LogP contribution is 2.41. The van der Waals surface area contributed by atoms with Crippen LogP contribution in [-0.4, -0.2) is 22.5 Å². The van der Waals surface area contributed by atoms with Gasteiger partial charge in [-0.15, -0.1) is 0 Å². The second kappa shape index (κ2) is 3.70. The maximum Gasteiger partial charge on any atom is 0.236 e. The summed E-state index contributed by atoms with van der Waals surface area (Å²) in [5.41, 5.74) is 3.63. The Bertz CT molecular complexity index is 670. The van der Waals surface area contributed by atoms with E-state index in [-0.39, 0.29) is 5.91 Å². The van der Waals surface area contributed by atoms with E-state index in [0.717, 1.165) is 22.6 Å². The molecule has 3 rings (SSSR count). The van der Waals surface area contributed by atoms with Gasteiger partial charge in [-0.05, 0) is 38.5 Å². The van der Waals surface area contributed by atoms with Crippen LogP contribution in [0.25, 0.3) is 5.69 Å². The smallest absolute Gasteiger partial charge is 0.236 e. The van der Waals surface area contributed by atoms with Crippen molar-refractivity contribution in [1.29, 1.82) is 0 Å². The van der Waals surface area contributed by atoms with Crippen molar-refractivity contribution >= 4 is 11.6 Å². The molecule has 2 aromatic rings. The molecule has 0 N–H and O–H groups in total. The number of likely N-dealkylation sites (N-methyl/N-ethyl adjacent to an activating group) is 1. The fraction of sp³-hybridized carbons (Fsp3) is 0.333. The number of benzene rings is 1. The zero-order valence-electron chi connectivity index (χ0n) is 11.6. The van der Waals surface area contributed by atoms with Crippen molar-refractivity contribution in [2.75, 3.05) is 11.9 Å². The minimum absolute atomic E-state index is 0.140. The molecule has 0 radical (unpaired) electrons. The van der Waals surface area contributed by atoms with E-state index in [0.29, 0.717) is 0 Å². The molecule has 1 amide bonds. The molecule has 1 aliphatic rings. The fourth-order valence-corrected chi connectivity index (χ4v) is 2.69. The molecular formula is C15H17N3O. The van der Waals surface area contributed by atoms with Crippen LogP contribution >= 0.6 is 0 Å². The molecule has 0 fully saturated rings. The number of amides is 1. The van der Waals surface area contributed by atoms with E-state index in [9.17, 15) is 4.79 Å². The minimum Gasteiger partial charge on any atom is -0.314 e. The zero-order chi connectivity index (χ0) is 13.8. The number of carbonyl (C=O) groups excluding carboxylic acids is 1. The van der Waals surface area contributed by atoms with Crippen molar-refractivity contribution in [1.82, 2.24) is 9.55 Å². The van der Waals surface area contributed by atoms with Gasteiger partial charge in [-0.25, -0.2) is 4.98 Å². The maximum absolute atomic E-state index is 12.2. The lowest BCUT2D eigenvalue weighted by Crippen LogP contribution is -2.33. The summed E-state index contributed by atoms with van der Waals surface area (Å²) < 4.78 is 1.97. The van der Waals surface area contributed by atoms with Crippen LogP contribution in [0.5, 0.6) is 0 Å². The van der Waals surface area contributed by atoms with Gasteiger partial charge in [0.15, 0.2) is 0 Å². The average Bonchev–Trinajstić information content (AvgIpc) is 2.88. The van der Waals surface area contributed by atoms with Crippen LogP contribution in [0.3, 0.4) is 0 Å². The van der Waals surface area contributed by atoms with Gasteiger partial charge in [0.05, 0.1) is 17.4 Å². The summed E-state index contributed by atoms with van der Waals surface area (Å²) in [4.78, 5) is 18.2. The Kier molecular flexibility index (Phi) is 2.33. The minimum atomic E-state index is -0.437. The van der Waals surface area contributed by atoms with Gasteiger partial charge in [0.1, 0.15) is 0 Å². The van der Waals surface area contributed by atoms with Gasteiger partial charge in [-0.1, -0.05) is 6.07 Å². The Morgan fingerprint density at radius 1 is 1.26 bits per heavy atom. The zero-order valence-corrected chi connectivity index (χ0v) is 11.6. The van der Waals surface area contributed by atoms with E-state index in [2.05, 4.69) is 4.98 Å². The first-order valence-electron chi connectivity index (χ1n) is 6.35. The summed E-state index contributed by atoms with van der Waals surface area (Å²) in [6.45, 7) is 5.90. The van der Waals surface area contributed by atoms with Gasteiger partial charge in [-0.3, -0.25) is 4.79 Å². The van der Waals surface area contributed by atoms with Gasteiger partial charge in [0.25, 0.3) is 0 Å². The predicted molar refractivity (Wildman–Crippen MR) is 74.7 cm³/mol.